The van der Waals surface area contributed by atoms with Gasteiger partial charge >= 0.3 is 0 Å². The molecule has 2 rings (SSSR count). The molecule has 1 saturated carbocycles. The van der Waals surface area contributed by atoms with Crippen molar-refractivity contribution in [3.63, 3.8) is 0 Å². The van der Waals surface area contributed by atoms with Crippen LogP contribution in [0.3, 0.4) is 0 Å². The third kappa shape index (κ3) is 0.891. The second-order valence-electron chi connectivity index (χ2n) is 4.54. The van der Waals surface area contributed by atoms with Crippen LogP contribution < -0.4 is 0 Å². The zero-order chi connectivity index (χ0) is 8.77. The van der Waals surface area contributed by atoms with Crippen molar-refractivity contribution in [2.45, 2.75) is 45.6 Å². The number of hydrogen-bond donors (Lipinski definition) is 1. The van der Waals surface area contributed by atoms with Gasteiger partial charge in [-0.1, -0.05) is 25.5 Å². The van der Waals surface area contributed by atoms with Gasteiger partial charge in [-0.05, 0) is 31.6 Å². The minimum absolute atomic E-state index is 0.0842. The van der Waals surface area contributed by atoms with Crippen molar-refractivity contribution in [2.75, 3.05) is 0 Å². The van der Waals surface area contributed by atoms with E-state index >= 15 is 0 Å². The van der Waals surface area contributed by atoms with Crippen molar-refractivity contribution in [1.29, 1.82) is 0 Å². The molecule has 2 aliphatic carbocycles. The molecule has 1 N–H and O–H groups in total. The van der Waals surface area contributed by atoms with Crippen molar-refractivity contribution in [3.05, 3.63) is 11.6 Å². The van der Waals surface area contributed by atoms with Gasteiger partial charge < -0.3 is 5.11 Å². The van der Waals surface area contributed by atoms with Crippen LogP contribution in [-0.2, 0) is 0 Å². The van der Waals surface area contributed by atoms with Gasteiger partial charge in [-0.15, -0.1) is 0 Å². The summed E-state index contributed by atoms with van der Waals surface area (Å²) >= 11 is 0. The molecule has 0 radical (unpaired) electrons. The van der Waals surface area contributed by atoms with Crippen LogP contribution >= 0.6 is 0 Å². The summed E-state index contributed by atoms with van der Waals surface area (Å²) in [6.45, 7) is 4.52. The molecule has 1 nitrogen and oxygen atoms in total. The van der Waals surface area contributed by atoms with E-state index in [-0.39, 0.29) is 11.5 Å². The monoisotopic (exact) mass is 166 g/mol. The maximum atomic E-state index is 9.91. The molecule has 1 heteroatoms. The Hall–Kier alpha value is -0.300. The highest BCUT2D eigenvalue weighted by Gasteiger charge is 2.46. The number of aliphatic hydroxyl groups excluding tert-OH is 1. The number of rotatable bonds is 0. The van der Waals surface area contributed by atoms with Gasteiger partial charge in [0.25, 0.3) is 0 Å². The van der Waals surface area contributed by atoms with Crippen molar-refractivity contribution < 1.29 is 5.11 Å². The smallest absolute Gasteiger partial charge is 0.0636 e. The molecule has 0 heterocycles. The van der Waals surface area contributed by atoms with E-state index < -0.39 is 0 Å². The van der Waals surface area contributed by atoms with E-state index in [1.807, 2.05) is 0 Å². The van der Waals surface area contributed by atoms with E-state index in [9.17, 15) is 5.11 Å². The fourth-order valence-electron chi connectivity index (χ4n) is 2.85. The summed E-state index contributed by atoms with van der Waals surface area (Å²) in [6.07, 6.45) is 6.85. The fourth-order valence-corrected chi connectivity index (χ4v) is 2.85. The second-order valence-corrected chi connectivity index (χ2v) is 4.54. The molecule has 0 aromatic heterocycles. The molecular formula is C11H18O. The molecule has 0 saturated heterocycles. The lowest BCUT2D eigenvalue weighted by molar-refractivity contribution is 0.0404. The number of fused-ring (bicyclic) bond motifs is 1. The predicted octanol–water partition coefficient (Wildman–Crippen LogP) is 2.50. The van der Waals surface area contributed by atoms with Gasteiger partial charge in [-0.2, -0.15) is 0 Å². The van der Waals surface area contributed by atoms with Gasteiger partial charge in [0.1, 0.15) is 0 Å². The fraction of sp³-hybridized carbons (Fsp3) is 0.818. The average molecular weight is 166 g/mol. The lowest BCUT2D eigenvalue weighted by Crippen LogP contribution is -2.36. The summed E-state index contributed by atoms with van der Waals surface area (Å²) in [6, 6.07) is 0. The molecule has 0 aromatic rings. The molecule has 0 aromatic carbocycles. The third-order valence-electron chi connectivity index (χ3n) is 4.09. The molecule has 0 unspecified atom stereocenters. The molecule has 0 spiro atoms. The molecule has 0 amide bonds. The maximum Gasteiger partial charge on any atom is 0.0636 e. The van der Waals surface area contributed by atoms with Gasteiger partial charge in [0.15, 0.2) is 0 Å². The van der Waals surface area contributed by atoms with E-state index in [4.69, 9.17) is 0 Å². The van der Waals surface area contributed by atoms with Gasteiger partial charge in [-0.25, -0.2) is 0 Å². The molecule has 0 aliphatic heterocycles. The first-order valence-corrected chi connectivity index (χ1v) is 5.03. The Morgan fingerprint density at radius 3 is 2.92 bits per heavy atom. The second kappa shape index (κ2) is 2.59. The Balaban J connectivity index is 2.37. The minimum Gasteiger partial charge on any atom is -0.392 e. The van der Waals surface area contributed by atoms with Crippen LogP contribution in [-0.4, -0.2) is 11.2 Å². The molecule has 1 fully saturated rings. The van der Waals surface area contributed by atoms with E-state index in [0.29, 0.717) is 5.92 Å². The van der Waals surface area contributed by atoms with Gasteiger partial charge in [0.05, 0.1) is 6.10 Å². The normalized spacial score (nSPS) is 47.1. The maximum absolute atomic E-state index is 9.91. The summed E-state index contributed by atoms with van der Waals surface area (Å²) < 4.78 is 0. The average Bonchev–Trinajstić information content (AvgIpc) is 2.33. The summed E-state index contributed by atoms with van der Waals surface area (Å²) in [4.78, 5) is 0. The molecule has 12 heavy (non-hydrogen) atoms. The standard InChI is InChI=1S/C11H18O/c1-8-4-3-5-9-6-7-10(12)11(8,9)2/h5,8,10,12H,3-4,6-7H2,1-2H3/t8-,10-,11+/m1/s1. The van der Waals surface area contributed by atoms with Crippen molar-refractivity contribution in [1.82, 2.24) is 0 Å². The Labute approximate surface area is 74.5 Å². The number of aliphatic hydroxyl groups is 1. The van der Waals surface area contributed by atoms with Crippen LogP contribution in [0, 0.1) is 11.3 Å². The molecule has 68 valence electrons. The van der Waals surface area contributed by atoms with Crippen LogP contribution in [0.15, 0.2) is 11.6 Å². The minimum atomic E-state index is -0.0842. The van der Waals surface area contributed by atoms with Crippen LogP contribution in [0.25, 0.3) is 0 Å². The highest BCUT2D eigenvalue weighted by Crippen LogP contribution is 2.52. The molecular weight excluding hydrogens is 148 g/mol. The summed E-state index contributed by atoms with van der Waals surface area (Å²) in [7, 11) is 0. The topological polar surface area (TPSA) is 20.2 Å². The molecule has 2 aliphatic rings. The zero-order valence-corrected chi connectivity index (χ0v) is 8.01. The van der Waals surface area contributed by atoms with Crippen LogP contribution in [0.2, 0.25) is 0 Å². The molecule has 3 atom stereocenters. The van der Waals surface area contributed by atoms with Gasteiger partial charge in [0, 0.05) is 5.41 Å². The van der Waals surface area contributed by atoms with Crippen LogP contribution in [0.1, 0.15) is 39.5 Å². The van der Waals surface area contributed by atoms with Crippen molar-refractivity contribution in [3.8, 4) is 0 Å². The largest absolute Gasteiger partial charge is 0.392 e. The first-order chi connectivity index (χ1) is 5.65. The lowest BCUT2D eigenvalue weighted by atomic mass is 9.67. The summed E-state index contributed by atoms with van der Waals surface area (Å²) in [5.41, 5.74) is 1.65. The van der Waals surface area contributed by atoms with E-state index in [0.717, 1.165) is 12.8 Å². The van der Waals surface area contributed by atoms with Crippen molar-refractivity contribution >= 4 is 0 Å². The molecule has 0 bridgehead atoms. The third-order valence-corrected chi connectivity index (χ3v) is 4.09. The summed E-state index contributed by atoms with van der Waals surface area (Å²) in [5, 5.41) is 9.91. The summed E-state index contributed by atoms with van der Waals surface area (Å²) in [5.74, 6) is 0.662. The Bertz CT molecular complexity index is 219. The quantitative estimate of drug-likeness (QED) is 0.548. The predicted molar refractivity (Wildman–Crippen MR) is 49.8 cm³/mol. The highest BCUT2D eigenvalue weighted by molar-refractivity contribution is 5.24. The Morgan fingerprint density at radius 1 is 1.50 bits per heavy atom. The van der Waals surface area contributed by atoms with Crippen LogP contribution in [0.5, 0.6) is 0 Å². The lowest BCUT2D eigenvalue weighted by Gasteiger charge is -2.39. The number of hydrogen-bond acceptors (Lipinski definition) is 1. The first-order valence-electron chi connectivity index (χ1n) is 5.03. The zero-order valence-electron chi connectivity index (χ0n) is 8.01. The SMILES string of the molecule is C[C@@H]1CCC=C2CC[C@@H](O)[C@]21C. The van der Waals surface area contributed by atoms with Crippen LogP contribution in [0.4, 0.5) is 0 Å². The Kier molecular flexibility index (Phi) is 1.80. The number of allylic oxidation sites excluding steroid dienone is 1. The highest BCUT2D eigenvalue weighted by atomic mass is 16.3. The van der Waals surface area contributed by atoms with Gasteiger partial charge in [-0.3, -0.25) is 0 Å². The van der Waals surface area contributed by atoms with Crippen molar-refractivity contribution in [2.24, 2.45) is 11.3 Å². The Morgan fingerprint density at radius 2 is 2.25 bits per heavy atom. The van der Waals surface area contributed by atoms with E-state index in [1.54, 1.807) is 0 Å². The van der Waals surface area contributed by atoms with E-state index in [1.165, 1.54) is 18.4 Å². The first kappa shape index (κ1) is 8.31. The van der Waals surface area contributed by atoms with Gasteiger partial charge in [0.2, 0.25) is 0 Å². The van der Waals surface area contributed by atoms with E-state index in [2.05, 4.69) is 19.9 Å².